The zero-order valence-corrected chi connectivity index (χ0v) is 16.1. The third-order valence-electron chi connectivity index (χ3n) is 3.20. The molecule has 0 radical (unpaired) electrons. The second kappa shape index (κ2) is 9.54. The lowest BCUT2D eigenvalue weighted by Crippen LogP contribution is -2.31. The van der Waals surface area contributed by atoms with Crippen LogP contribution in [0.25, 0.3) is 0 Å². The molecule has 24 heavy (non-hydrogen) atoms. The van der Waals surface area contributed by atoms with Gasteiger partial charge in [0.1, 0.15) is 0 Å². The van der Waals surface area contributed by atoms with Gasteiger partial charge in [-0.15, -0.1) is 11.8 Å². The first kappa shape index (κ1) is 19.4. The first-order valence-corrected chi connectivity index (χ1v) is 9.38. The normalized spacial score (nSPS) is 10.9. The third-order valence-corrected chi connectivity index (χ3v) is 5.07. The molecule has 0 unspecified atom stereocenters. The number of thioether (sulfide) groups is 1. The van der Waals surface area contributed by atoms with Crippen LogP contribution >= 0.6 is 46.6 Å². The lowest BCUT2D eigenvalue weighted by molar-refractivity contribution is -0.117. The van der Waals surface area contributed by atoms with Gasteiger partial charge in [-0.2, -0.15) is 0 Å². The molecule has 0 aliphatic rings. The number of amides is 1. The fourth-order valence-electron chi connectivity index (χ4n) is 1.97. The summed E-state index contributed by atoms with van der Waals surface area (Å²) >= 11 is 19.7. The van der Waals surface area contributed by atoms with Gasteiger partial charge in [-0.1, -0.05) is 40.9 Å². The van der Waals surface area contributed by atoms with Crippen LogP contribution < -0.4 is 5.32 Å². The van der Waals surface area contributed by atoms with E-state index in [1.165, 1.54) is 0 Å². The third kappa shape index (κ3) is 6.19. The Hall–Kier alpha value is -0.910. The molecule has 0 fully saturated rings. The second-order valence-electron chi connectivity index (χ2n) is 5.18. The Kier molecular flexibility index (Phi) is 7.72. The Morgan fingerprint density at radius 3 is 2.33 bits per heavy atom. The molecule has 0 aliphatic carbocycles. The van der Waals surface area contributed by atoms with Crippen molar-refractivity contribution in [1.82, 2.24) is 4.90 Å². The highest BCUT2D eigenvalue weighted by atomic mass is 35.5. The molecule has 1 N–H and O–H groups in total. The number of nitrogens with one attached hydrogen (secondary N) is 1. The highest BCUT2D eigenvalue weighted by Gasteiger charge is 2.11. The fourth-order valence-corrected chi connectivity index (χ4v) is 3.56. The van der Waals surface area contributed by atoms with Crippen LogP contribution in [0.2, 0.25) is 15.1 Å². The molecule has 0 saturated heterocycles. The van der Waals surface area contributed by atoms with Gasteiger partial charge in [0.25, 0.3) is 0 Å². The molecule has 0 aromatic heterocycles. The molecule has 2 aromatic rings. The monoisotopic (exact) mass is 402 g/mol. The van der Waals surface area contributed by atoms with Gasteiger partial charge < -0.3 is 5.32 Å². The van der Waals surface area contributed by atoms with Crippen molar-refractivity contribution in [2.75, 3.05) is 31.2 Å². The van der Waals surface area contributed by atoms with Crippen LogP contribution in [0.1, 0.15) is 0 Å². The van der Waals surface area contributed by atoms with Crippen LogP contribution in [0.4, 0.5) is 5.69 Å². The first-order chi connectivity index (χ1) is 11.5. The molecule has 0 atom stereocenters. The Labute approximate surface area is 161 Å². The second-order valence-corrected chi connectivity index (χ2v) is 7.60. The van der Waals surface area contributed by atoms with E-state index < -0.39 is 0 Å². The van der Waals surface area contributed by atoms with Crippen LogP contribution in [-0.4, -0.2) is 36.7 Å². The number of anilines is 1. The number of benzene rings is 2. The quantitative estimate of drug-likeness (QED) is 0.636. The summed E-state index contributed by atoms with van der Waals surface area (Å²) in [6.07, 6.45) is 0. The molecule has 0 spiro atoms. The van der Waals surface area contributed by atoms with E-state index in [0.29, 0.717) is 15.7 Å². The molecule has 0 bridgehead atoms. The number of likely N-dealkylation sites (N-methyl/N-ethyl adjacent to an activating group) is 1. The fraction of sp³-hybridized carbons (Fsp3) is 0.235. The van der Waals surface area contributed by atoms with E-state index in [9.17, 15) is 4.79 Å². The molecule has 7 heteroatoms. The SMILES string of the molecule is CN(CCSc1ccc(Cl)cc1)CC(=O)Nc1c(Cl)cccc1Cl. The van der Waals surface area contributed by atoms with Crippen LogP contribution in [0.5, 0.6) is 0 Å². The average molecular weight is 404 g/mol. The first-order valence-electron chi connectivity index (χ1n) is 7.26. The summed E-state index contributed by atoms with van der Waals surface area (Å²) in [5.41, 5.74) is 0.453. The van der Waals surface area contributed by atoms with Gasteiger partial charge in [0.15, 0.2) is 0 Å². The van der Waals surface area contributed by atoms with Gasteiger partial charge in [0, 0.05) is 22.2 Å². The van der Waals surface area contributed by atoms with Crippen molar-refractivity contribution in [2.45, 2.75) is 4.90 Å². The average Bonchev–Trinajstić information content (AvgIpc) is 2.53. The molecule has 1 amide bonds. The number of para-hydroxylation sites is 1. The number of rotatable bonds is 7. The van der Waals surface area contributed by atoms with Gasteiger partial charge in [-0.3, -0.25) is 9.69 Å². The molecule has 0 heterocycles. The van der Waals surface area contributed by atoms with Crippen LogP contribution in [0.3, 0.4) is 0 Å². The number of nitrogens with zero attached hydrogens (tertiary/aromatic N) is 1. The molecule has 2 rings (SSSR count). The minimum Gasteiger partial charge on any atom is -0.322 e. The smallest absolute Gasteiger partial charge is 0.238 e. The van der Waals surface area contributed by atoms with Gasteiger partial charge in [-0.25, -0.2) is 0 Å². The summed E-state index contributed by atoms with van der Waals surface area (Å²) in [5, 5.41) is 4.34. The minimum atomic E-state index is -0.149. The number of halogens is 3. The maximum atomic E-state index is 12.1. The number of carbonyl (C=O) groups excluding carboxylic acids is 1. The zero-order valence-electron chi connectivity index (χ0n) is 13.1. The van der Waals surface area contributed by atoms with E-state index >= 15 is 0 Å². The summed E-state index contributed by atoms with van der Waals surface area (Å²) in [5.74, 6) is 0.724. The maximum absolute atomic E-state index is 12.1. The van der Waals surface area contributed by atoms with Gasteiger partial charge >= 0.3 is 0 Å². The Morgan fingerprint density at radius 1 is 1.08 bits per heavy atom. The van der Waals surface area contributed by atoms with Crippen molar-refractivity contribution in [3.05, 3.63) is 57.5 Å². The molecule has 128 valence electrons. The molecule has 2 aromatic carbocycles. The molecule has 3 nitrogen and oxygen atoms in total. The summed E-state index contributed by atoms with van der Waals surface area (Å²) in [6, 6.07) is 12.8. The standard InChI is InChI=1S/C17H17Cl3N2OS/c1-22(9-10-24-13-7-5-12(18)6-8-13)11-16(23)21-17-14(19)3-2-4-15(17)20/h2-8H,9-11H2,1H3,(H,21,23). The summed E-state index contributed by atoms with van der Waals surface area (Å²) in [6.45, 7) is 1.04. The molecule has 0 aliphatic heterocycles. The van der Waals surface area contributed by atoms with Crippen LogP contribution in [0, 0.1) is 0 Å². The van der Waals surface area contributed by atoms with Crippen LogP contribution in [-0.2, 0) is 4.79 Å². The van der Waals surface area contributed by atoms with Crippen molar-refractivity contribution in [1.29, 1.82) is 0 Å². The van der Waals surface area contributed by atoms with Gasteiger partial charge in [0.2, 0.25) is 5.91 Å². The lowest BCUT2D eigenvalue weighted by Gasteiger charge is -2.16. The van der Waals surface area contributed by atoms with E-state index in [0.717, 1.165) is 22.2 Å². The van der Waals surface area contributed by atoms with E-state index in [-0.39, 0.29) is 12.5 Å². The van der Waals surface area contributed by atoms with Crippen molar-refractivity contribution < 1.29 is 4.79 Å². The molecular formula is C17H17Cl3N2OS. The van der Waals surface area contributed by atoms with E-state index in [1.807, 2.05) is 36.2 Å². The Balaban J connectivity index is 1.76. The topological polar surface area (TPSA) is 32.3 Å². The Morgan fingerprint density at radius 2 is 1.71 bits per heavy atom. The van der Waals surface area contributed by atoms with Crippen molar-refractivity contribution >= 4 is 58.2 Å². The van der Waals surface area contributed by atoms with E-state index in [2.05, 4.69) is 5.32 Å². The zero-order chi connectivity index (χ0) is 17.5. The predicted octanol–water partition coefficient (Wildman–Crippen LogP) is 5.31. The highest BCUT2D eigenvalue weighted by molar-refractivity contribution is 7.99. The summed E-state index contributed by atoms with van der Waals surface area (Å²) in [4.78, 5) is 15.2. The molecular weight excluding hydrogens is 387 g/mol. The number of carbonyl (C=O) groups is 1. The largest absolute Gasteiger partial charge is 0.322 e. The summed E-state index contributed by atoms with van der Waals surface area (Å²) in [7, 11) is 1.90. The van der Waals surface area contributed by atoms with Gasteiger partial charge in [0.05, 0.1) is 22.3 Å². The van der Waals surface area contributed by atoms with Crippen molar-refractivity contribution in [3.8, 4) is 0 Å². The molecule has 0 saturated carbocycles. The van der Waals surface area contributed by atoms with E-state index in [1.54, 1.807) is 30.0 Å². The lowest BCUT2D eigenvalue weighted by atomic mass is 10.3. The summed E-state index contributed by atoms with van der Waals surface area (Å²) < 4.78 is 0. The number of hydrogen-bond donors (Lipinski definition) is 1. The van der Waals surface area contributed by atoms with E-state index in [4.69, 9.17) is 34.8 Å². The van der Waals surface area contributed by atoms with Gasteiger partial charge in [-0.05, 0) is 43.4 Å². The van der Waals surface area contributed by atoms with Crippen molar-refractivity contribution in [2.24, 2.45) is 0 Å². The number of hydrogen-bond acceptors (Lipinski definition) is 3. The predicted molar refractivity (Wildman–Crippen MR) is 105 cm³/mol. The highest BCUT2D eigenvalue weighted by Crippen LogP contribution is 2.29. The maximum Gasteiger partial charge on any atom is 0.238 e. The van der Waals surface area contributed by atoms with Crippen molar-refractivity contribution in [3.63, 3.8) is 0 Å². The Bertz CT molecular complexity index is 674. The van der Waals surface area contributed by atoms with Crippen LogP contribution in [0.15, 0.2) is 47.4 Å². The minimum absolute atomic E-state index is 0.149.